The highest BCUT2D eigenvalue weighted by Crippen LogP contribution is 2.30. The SMILES string of the molecule is CC[Si](CC)(CC)[Si](C)(C)c1ccccc1. The van der Waals surface area contributed by atoms with E-state index in [1.165, 1.54) is 18.1 Å². The van der Waals surface area contributed by atoms with E-state index in [2.05, 4.69) is 64.2 Å². The van der Waals surface area contributed by atoms with E-state index >= 15 is 0 Å². The van der Waals surface area contributed by atoms with Gasteiger partial charge in [0.25, 0.3) is 0 Å². The van der Waals surface area contributed by atoms with Gasteiger partial charge in [0.2, 0.25) is 0 Å². The monoisotopic (exact) mass is 250 g/mol. The molecule has 0 atom stereocenters. The highest BCUT2D eigenvalue weighted by atomic mass is 29.3. The summed E-state index contributed by atoms with van der Waals surface area (Å²) in [6, 6.07) is 15.7. The molecule has 90 valence electrons. The summed E-state index contributed by atoms with van der Waals surface area (Å²) in [4.78, 5) is 0. The van der Waals surface area contributed by atoms with Crippen LogP contribution in [0.15, 0.2) is 30.3 Å². The Morgan fingerprint density at radius 1 is 0.812 bits per heavy atom. The normalized spacial score (nSPS) is 12.8. The van der Waals surface area contributed by atoms with Crippen LogP contribution in [-0.4, -0.2) is 15.2 Å². The smallest absolute Gasteiger partial charge is 0.0680 e. The number of benzene rings is 1. The summed E-state index contributed by atoms with van der Waals surface area (Å²) in [5.74, 6) is 0. The molecule has 0 aliphatic carbocycles. The highest BCUT2D eigenvalue weighted by Gasteiger charge is 2.45. The largest absolute Gasteiger partial charge is 0.0743 e. The van der Waals surface area contributed by atoms with Gasteiger partial charge in [-0.25, -0.2) is 0 Å². The van der Waals surface area contributed by atoms with Crippen LogP contribution >= 0.6 is 0 Å². The molecule has 0 amide bonds. The fourth-order valence-corrected chi connectivity index (χ4v) is 19.3. The van der Waals surface area contributed by atoms with Crippen molar-refractivity contribution in [3.63, 3.8) is 0 Å². The first-order valence-corrected chi connectivity index (χ1v) is 13.2. The van der Waals surface area contributed by atoms with Gasteiger partial charge in [0.15, 0.2) is 0 Å². The molecular weight excluding hydrogens is 224 g/mol. The standard InChI is InChI=1S/C14H26Si2/c1-6-16(7-2,8-3)15(4,5)14-12-10-9-11-13-14/h9-13H,6-8H2,1-5H3. The topological polar surface area (TPSA) is 0 Å². The Labute approximate surface area is 103 Å². The highest BCUT2D eigenvalue weighted by molar-refractivity contribution is 7.46. The first-order valence-electron chi connectivity index (χ1n) is 6.59. The van der Waals surface area contributed by atoms with E-state index < -0.39 is 15.2 Å². The molecule has 2 heteroatoms. The van der Waals surface area contributed by atoms with Crippen LogP contribution in [0.1, 0.15) is 20.8 Å². The molecule has 1 rings (SSSR count). The first kappa shape index (κ1) is 13.7. The van der Waals surface area contributed by atoms with Gasteiger partial charge >= 0.3 is 0 Å². The summed E-state index contributed by atoms with van der Waals surface area (Å²) in [5.41, 5.74) is 0. The van der Waals surface area contributed by atoms with Gasteiger partial charge in [0.1, 0.15) is 0 Å². The second-order valence-corrected chi connectivity index (χ2v) is 20.8. The van der Waals surface area contributed by atoms with E-state index in [-0.39, 0.29) is 0 Å². The maximum atomic E-state index is 2.60. The lowest BCUT2D eigenvalue weighted by Crippen LogP contribution is -2.65. The molecule has 0 aliphatic rings. The minimum Gasteiger partial charge on any atom is -0.0680 e. The fraction of sp³-hybridized carbons (Fsp3) is 0.571. The molecule has 0 spiro atoms. The van der Waals surface area contributed by atoms with Crippen LogP contribution in [-0.2, 0) is 0 Å². The summed E-state index contributed by atoms with van der Waals surface area (Å²) < 4.78 is 0. The maximum absolute atomic E-state index is 2.60. The lowest BCUT2D eigenvalue weighted by molar-refractivity contribution is 1.21. The third kappa shape index (κ3) is 2.18. The Balaban J connectivity index is 3.18. The third-order valence-corrected chi connectivity index (χ3v) is 25.3. The van der Waals surface area contributed by atoms with Gasteiger partial charge in [-0.1, -0.05) is 87.5 Å². The molecule has 0 unspecified atom stereocenters. The predicted octanol–water partition coefficient (Wildman–Crippen LogP) is 4.19. The third-order valence-electron chi connectivity index (χ3n) is 4.85. The zero-order valence-corrected chi connectivity index (χ0v) is 13.5. The van der Waals surface area contributed by atoms with Crippen molar-refractivity contribution in [2.45, 2.75) is 52.0 Å². The van der Waals surface area contributed by atoms with Crippen molar-refractivity contribution in [1.29, 1.82) is 0 Å². The van der Waals surface area contributed by atoms with Gasteiger partial charge in [0, 0.05) is 0 Å². The van der Waals surface area contributed by atoms with E-state index in [0.29, 0.717) is 0 Å². The average Bonchev–Trinajstić information content (AvgIpc) is 2.33. The van der Waals surface area contributed by atoms with Crippen LogP contribution in [0.3, 0.4) is 0 Å². The van der Waals surface area contributed by atoms with E-state index in [1.54, 1.807) is 5.19 Å². The van der Waals surface area contributed by atoms with Crippen molar-refractivity contribution < 1.29 is 0 Å². The van der Waals surface area contributed by atoms with Crippen LogP contribution < -0.4 is 5.19 Å². The van der Waals surface area contributed by atoms with Gasteiger partial charge < -0.3 is 0 Å². The minimum atomic E-state index is -1.22. The summed E-state index contributed by atoms with van der Waals surface area (Å²) in [5, 5.41) is 1.67. The average molecular weight is 251 g/mol. The molecule has 0 N–H and O–H groups in total. The second kappa shape index (κ2) is 5.32. The number of hydrogen-bond acceptors (Lipinski definition) is 0. The minimum absolute atomic E-state index is 1.05. The molecule has 0 heterocycles. The summed E-state index contributed by atoms with van der Waals surface area (Å²) in [6.07, 6.45) is 0. The van der Waals surface area contributed by atoms with Gasteiger partial charge in [-0.05, 0) is 0 Å². The van der Waals surface area contributed by atoms with Crippen LogP contribution in [0.4, 0.5) is 0 Å². The molecule has 0 nitrogen and oxygen atoms in total. The zero-order chi connectivity index (χ0) is 12.2. The second-order valence-electron chi connectivity index (χ2n) is 5.33. The van der Waals surface area contributed by atoms with Crippen LogP contribution in [0, 0.1) is 0 Å². The molecular formula is C14H26Si2. The van der Waals surface area contributed by atoms with Crippen molar-refractivity contribution >= 4 is 20.4 Å². The molecule has 1 aromatic rings. The Kier molecular flexibility index (Phi) is 4.56. The quantitative estimate of drug-likeness (QED) is 0.688. The fourth-order valence-electron chi connectivity index (χ4n) is 3.24. The van der Waals surface area contributed by atoms with Gasteiger partial charge in [-0.2, -0.15) is 0 Å². The van der Waals surface area contributed by atoms with E-state index in [4.69, 9.17) is 0 Å². The number of rotatable bonds is 5. The summed E-state index contributed by atoms with van der Waals surface area (Å²) >= 11 is 0. The molecule has 0 saturated carbocycles. The zero-order valence-electron chi connectivity index (χ0n) is 11.5. The molecule has 16 heavy (non-hydrogen) atoms. The molecule has 0 aliphatic heterocycles. The lowest BCUT2D eigenvalue weighted by Gasteiger charge is -2.43. The van der Waals surface area contributed by atoms with Crippen molar-refractivity contribution in [3.05, 3.63) is 30.3 Å². The Morgan fingerprint density at radius 2 is 1.25 bits per heavy atom. The lowest BCUT2D eigenvalue weighted by atomic mass is 10.4. The van der Waals surface area contributed by atoms with Crippen molar-refractivity contribution in [2.75, 3.05) is 0 Å². The Bertz CT molecular complexity index is 305. The summed E-state index contributed by atoms with van der Waals surface area (Å²) in [6.45, 7) is 12.5. The van der Waals surface area contributed by atoms with Crippen molar-refractivity contribution in [3.8, 4) is 0 Å². The molecule has 1 aromatic carbocycles. The maximum Gasteiger partial charge on any atom is 0.0743 e. The van der Waals surface area contributed by atoms with Gasteiger partial charge in [0.05, 0.1) is 15.2 Å². The van der Waals surface area contributed by atoms with Crippen LogP contribution in [0.2, 0.25) is 31.2 Å². The van der Waals surface area contributed by atoms with Crippen LogP contribution in [0.25, 0.3) is 0 Å². The van der Waals surface area contributed by atoms with E-state index in [9.17, 15) is 0 Å². The molecule has 0 fully saturated rings. The molecule has 0 bridgehead atoms. The Morgan fingerprint density at radius 3 is 1.62 bits per heavy atom. The van der Waals surface area contributed by atoms with Gasteiger partial charge in [-0.3, -0.25) is 0 Å². The Hall–Kier alpha value is -0.346. The predicted molar refractivity (Wildman–Crippen MR) is 80.8 cm³/mol. The molecule has 0 aromatic heterocycles. The number of hydrogen-bond donors (Lipinski definition) is 0. The van der Waals surface area contributed by atoms with E-state index in [0.717, 1.165) is 0 Å². The summed E-state index contributed by atoms with van der Waals surface area (Å²) in [7, 11) is -2.27. The molecule has 0 saturated heterocycles. The van der Waals surface area contributed by atoms with Gasteiger partial charge in [-0.15, -0.1) is 0 Å². The molecule has 0 radical (unpaired) electrons. The first-order chi connectivity index (χ1) is 7.54. The van der Waals surface area contributed by atoms with E-state index in [1.807, 2.05) is 0 Å². The van der Waals surface area contributed by atoms with Crippen molar-refractivity contribution in [1.82, 2.24) is 0 Å². The van der Waals surface area contributed by atoms with Crippen LogP contribution in [0.5, 0.6) is 0 Å². The van der Waals surface area contributed by atoms with Crippen molar-refractivity contribution in [2.24, 2.45) is 0 Å².